The van der Waals surface area contributed by atoms with Crippen molar-refractivity contribution in [3.05, 3.63) is 49.6 Å². The molecule has 1 aromatic rings. The lowest BCUT2D eigenvalue weighted by molar-refractivity contribution is -0.537. The van der Waals surface area contributed by atoms with Gasteiger partial charge in [0.15, 0.2) is 5.78 Å². The number of benzene rings is 1. The fourth-order valence-corrected chi connectivity index (χ4v) is 3.96. The van der Waals surface area contributed by atoms with E-state index >= 15 is 0 Å². The summed E-state index contributed by atoms with van der Waals surface area (Å²) in [7, 11) is 0. The first-order valence-corrected chi connectivity index (χ1v) is 6.79. The van der Waals surface area contributed by atoms with Crippen molar-refractivity contribution in [3.63, 3.8) is 0 Å². The maximum Gasteiger partial charge on any atom is 0.270 e. The van der Waals surface area contributed by atoms with Crippen LogP contribution in [0.1, 0.15) is 48.0 Å². The Kier molecular flexibility index (Phi) is 2.82. The number of rotatable bonds is 2. The summed E-state index contributed by atoms with van der Waals surface area (Å²) in [4.78, 5) is 33.6. The molecule has 3 rings (SSSR count). The molecule has 0 unspecified atom stereocenters. The second-order valence-electron chi connectivity index (χ2n) is 6.07. The zero-order valence-corrected chi connectivity index (χ0v) is 11.4. The molecule has 0 aromatic heterocycles. The number of hydrogen-bond donors (Lipinski definition) is 0. The summed E-state index contributed by atoms with van der Waals surface area (Å²) in [5.74, 6) is -0.317. The molecule has 110 valence electrons. The van der Waals surface area contributed by atoms with Gasteiger partial charge >= 0.3 is 0 Å². The highest BCUT2D eigenvalue weighted by Gasteiger charge is 2.57. The molecule has 0 N–H and O–H groups in total. The third kappa shape index (κ3) is 1.84. The van der Waals surface area contributed by atoms with Gasteiger partial charge in [-0.15, -0.1) is 0 Å². The third-order valence-corrected chi connectivity index (χ3v) is 5.01. The van der Waals surface area contributed by atoms with Crippen LogP contribution < -0.4 is 0 Å². The van der Waals surface area contributed by atoms with E-state index in [9.17, 15) is 25.0 Å². The van der Waals surface area contributed by atoms with Crippen LogP contribution in [-0.2, 0) is 0 Å². The van der Waals surface area contributed by atoms with Crippen molar-refractivity contribution in [2.45, 2.75) is 38.1 Å². The normalized spacial score (nSPS) is 30.6. The summed E-state index contributed by atoms with van der Waals surface area (Å²) in [5, 5.41) is 22.1. The summed E-state index contributed by atoms with van der Waals surface area (Å²) in [6.07, 6.45) is 1.16. The quantitative estimate of drug-likeness (QED) is 0.615. The first-order valence-electron chi connectivity index (χ1n) is 6.79. The van der Waals surface area contributed by atoms with Gasteiger partial charge in [0.25, 0.3) is 5.69 Å². The van der Waals surface area contributed by atoms with E-state index in [0.717, 1.165) is 5.56 Å². The smallest absolute Gasteiger partial charge is 0.270 e. The van der Waals surface area contributed by atoms with Crippen molar-refractivity contribution in [3.8, 4) is 0 Å². The molecule has 0 amide bonds. The minimum absolute atomic E-state index is 0.0808. The number of Topliss-reactive ketones (excluding diaryl/α,β-unsaturated/α-hetero) is 1. The molecular formula is C14H14N2O5. The van der Waals surface area contributed by atoms with Gasteiger partial charge in [-0.3, -0.25) is 25.0 Å². The molecule has 1 fully saturated rings. The van der Waals surface area contributed by atoms with E-state index in [1.807, 2.05) is 0 Å². The van der Waals surface area contributed by atoms with Gasteiger partial charge in [-0.05, 0) is 17.9 Å². The number of fused-ring (bicyclic) bond motifs is 3. The van der Waals surface area contributed by atoms with Crippen LogP contribution in [0.4, 0.5) is 5.69 Å². The molecule has 0 heterocycles. The number of nitro groups is 2. The number of carbonyl (C=O) groups excluding carboxylic acids is 1. The number of ketones is 1. The Balaban J connectivity index is 2.11. The summed E-state index contributed by atoms with van der Waals surface area (Å²) in [5.41, 5.74) is 0.276. The zero-order valence-electron chi connectivity index (χ0n) is 11.4. The van der Waals surface area contributed by atoms with E-state index in [1.165, 1.54) is 12.1 Å². The Bertz CT molecular complexity index is 671. The molecule has 3 atom stereocenters. The molecule has 7 nitrogen and oxygen atoms in total. The maximum atomic E-state index is 12.3. The molecular weight excluding hydrogens is 276 g/mol. The third-order valence-electron chi connectivity index (χ3n) is 5.01. The standard InChI is InChI=1S/C14H14N2O5/c1-14-7-12(17)10-6-8(15(18)19)2-3-9(10)11(14)4-5-13(14)16(20)21/h2-3,6,11,13H,4-5,7H2,1H3/t11-,13+,14+/m1/s1. The Hall–Kier alpha value is -2.31. The number of carbonyl (C=O) groups is 1. The Morgan fingerprint density at radius 1 is 1.24 bits per heavy atom. The van der Waals surface area contributed by atoms with Gasteiger partial charge in [-0.25, -0.2) is 0 Å². The monoisotopic (exact) mass is 290 g/mol. The van der Waals surface area contributed by atoms with Gasteiger partial charge in [0.05, 0.1) is 4.92 Å². The number of nitro benzene ring substituents is 1. The topological polar surface area (TPSA) is 103 Å². The number of hydrogen-bond acceptors (Lipinski definition) is 5. The summed E-state index contributed by atoms with van der Waals surface area (Å²) in [6, 6.07) is 3.54. The van der Waals surface area contributed by atoms with Crippen LogP contribution in [0.5, 0.6) is 0 Å². The molecule has 0 aliphatic heterocycles. The van der Waals surface area contributed by atoms with Crippen molar-refractivity contribution in [1.29, 1.82) is 0 Å². The minimum atomic E-state index is -0.727. The lowest BCUT2D eigenvalue weighted by Gasteiger charge is -2.36. The predicted molar refractivity (Wildman–Crippen MR) is 72.9 cm³/mol. The van der Waals surface area contributed by atoms with Crippen molar-refractivity contribution >= 4 is 11.5 Å². The predicted octanol–water partition coefficient (Wildman–Crippen LogP) is 2.71. The minimum Gasteiger partial charge on any atom is -0.294 e. The van der Waals surface area contributed by atoms with Crippen molar-refractivity contribution in [1.82, 2.24) is 0 Å². The van der Waals surface area contributed by atoms with E-state index in [-0.39, 0.29) is 28.7 Å². The van der Waals surface area contributed by atoms with Crippen LogP contribution in [0.25, 0.3) is 0 Å². The first-order chi connectivity index (χ1) is 9.84. The summed E-state index contributed by atoms with van der Waals surface area (Å²) >= 11 is 0. The van der Waals surface area contributed by atoms with E-state index < -0.39 is 16.4 Å². The molecule has 2 aliphatic carbocycles. The second kappa shape index (κ2) is 4.34. The van der Waals surface area contributed by atoms with Gasteiger partial charge in [-0.1, -0.05) is 13.0 Å². The molecule has 21 heavy (non-hydrogen) atoms. The van der Waals surface area contributed by atoms with Crippen molar-refractivity contribution in [2.75, 3.05) is 0 Å². The molecule has 2 aliphatic rings. The van der Waals surface area contributed by atoms with Crippen molar-refractivity contribution in [2.24, 2.45) is 5.41 Å². The molecule has 0 radical (unpaired) electrons. The fourth-order valence-electron chi connectivity index (χ4n) is 3.96. The van der Waals surface area contributed by atoms with E-state index in [1.54, 1.807) is 13.0 Å². The van der Waals surface area contributed by atoms with Crippen LogP contribution in [0.3, 0.4) is 0 Å². The van der Waals surface area contributed by atoms with Gasteiger partial charge < -0.3 is 0 Å². The highest BCUT2D eigenvalue weighted by Crippen LogP contribution is 2.56. The van der Waals surface area contributed by atoms with Crippen LogP contribution in [-0.4, -0.2) is 21.7 Å². The van der Waals surface area contributed by atoms with E-state index in [0.29, 0.717) is 18.4 Å². The lowest BCUT2D eigenvalue weighted by atomic mass is 9.65. The Morgan fingerprint density at radius 3 is 2.57 bits per heavy atom. The summed E-state index contributed by atoms with van der Waals surface area (Å²) in [6.45, 7) is 1.79. The fraction of sp³-hybridized carbons (Fsp3) is 0.500. The average molecular weight is 290 g/mol. The Morgan fingerprint density at radius 2 is 1.95 bits per heavy atom. The van der Waals surface area contributed by atoms with Gasteiger partial charge in [-0.2, -0.15) is 0 Å². The number of non-ortho nitro benzene ring substituents is 1. The zero-order chi connectivity index (χ0) is 15.4. The highest BCUT2D eigenvalue weighted by molar-refractivity contribution is 6.00. The van der Waals surface area contributed by atoms with E-state index in [4.69, 9.17) is 0 Å². The molecule has 1 aromatic carbocycles. The van der Waals surface area contributed by atoms with Gasteiger partial charge in [0, 0.05) is 40.9 Å². The van der Waals surface area contributed by atoms with Gasteiger partial charge in [0.1, 0.15) is 0 Å². The van der Waals surface area contributed by atoms with Crippen LogP contribution in [0, 0.1) is 25.6 Å². The van der Waals surface area contributed by atoms with Crippen LogP contribution in [0.15, 0.2) is 18.2 Å². The molecule has 0 bridgehead atoms. The molecule has 0 spiro atoms. The van der Waals surface area contributed by atoms with E-state index in [2.05, 4.69) is 0 Å². The molecule has 7 heteroatoms. The van der Waals surface area contributed by atoms with Gasteiger partial charge in [0.2, 0.25) is 6.04 Å². The summed E-state index contributed by atoms with van der Waals surface area (Å²) < 4.78 is 0. The first kappa shape index (κ1) is 13.7. The number of nitrogens with zero attached hydrogens (tertiary/aromatic N) is 2. The maximum absolute atomic E-state index is 12.3. The molecule has 1 saturated carbocycles. The van der Waals surface area contributed by atoms with Crippen LogP contribution >= 0.6 is 0 Å². The highest BCUT2D eigenvalue weighted by atomic mass is 16.6. The van der Waals surface area contributed by atoms with Crippen molar-refractivity contribution < 1.29 is 14.6 Å². The average Bonchev–Trinajstić information content (AvgIpc) is 2.75. The largest absolute Gasteiger partial charge is 0.294 e. The Labute approximate surface area is 120 Å². The molecule has 0 saturated heterocycles. The second-order valence-corrected chi connectivity index (χ2v) is 6.07. The lowest BCUT2D eigenvalue weighted by Crippen LogP contribution is -2.41. The van der Waals surface area contributed by atoms with Crippen LogP contribution in [0.2, 0.25) is 0 Å². The SMILES string of the molecule is C[C@]12CC(=O)c3cc([N+](=O)[O-])ccc3[C@H]1CC[C@@H]2[N+](=O)[O-].